The summed E-state index contributed by atoms with van der Waals surface area (Å²) in [7, 11) is 0. The molecule has 0 amide bonds. The van der Waals surface area contributed by atoms with Crippen molar-refractivity contribution in [2.75, 3.05) is 0 Å². The van der Waals surface area contributed by atoms with Crippen LogP contribution in [0.3, 0.4) is 0 Å². The molecule has 0 aromatic rings. The molecule has 0 aliphatic rings. The number of nitriles is 5. The summed E-state index contributed by atoms with van der Waals surface area (Å²) in [6.45, 7) is 2.84. The Kier molecular flexibility index (Phi) is 4.03. The molecule has 0 radical (unpaired) electrons. The van der Waals surface area contributed by atoms with E-state index in [0.717, 1.165) is 0 Å². The Morgan fingerprint density at radius 2 is 1.44 bits per heavy atom. The maximum Gasteiger partial charge on any atom is 0.178 e. The summed E-state index contributed by atoms with van der Waals surface area (Å²) in [6, 6.07) is 8.84. The zero-order valence-corrected chi connectivity index (χ0v) is 9.02. The van der Waals surface area contributed by atoms with E-state index < -0.39 is 16.7 Å². The van der Waals surface area contributed by atoms with E-state index >= 15 is 0 Å². The van der Waals surface area contributed by atoms with Crippen molar-refractivity contribution in [2.24, 2.45) is 16.7 Å². The van der Waals surface area contributed by atoms with Gasteiger partial charge in [0.05, 0.1) is 48.1 Å². The van der Waals surface area contributed by atoms with Crippen LogP contribution in [0.2, 0.25) is 0 Å². The van der Waals surface area contributed by atoms with Crippen LogP contribution >= 0.6 is 0 Å². The first kappa shape index (κ1) is 13.4. The first-order valence-electron chi connectivity index (χ1n) is 4.46. The molecule has 0 fully saturated rings. The first-order chi connectivity index (χ1) is 7.45. The Bertz CT molecular complexity index is 455. The Hall–Kier alpha value is -2.55. The van der Waals surface area contributed by atoms with Crippen LogP contribution < -0.4 is 0 Å². The van der Waals surface area contributed by atoms with E-state index in [1.807, 2.05) is 6.07 Å². The zero-order chi connectivity index (χ0) is 12.8. The number of hydrogen-bond donors (Lipinski definition) is 0. The van der Waals surface area contributed by atoms with Crippen LogP contribution in [0, 0.1) is 73.4 Å². The van der Waals surface area contributed by atoms with E-state index in [1.54, 1.807) is 24.3 Å². The summed E-state index contributed by atoms with van der Waals surface area (Å²) in [4.78, 5) is 0. The van der Waals surface area contributed by atoms with E-state index in [-0.39, 0.29) is 6.42 Å². The average molecular weight is 211 g/mol. The molecule has 1 unspecified atom stereocenters. The van der Waals surface area contributed by atoms with E-state index in [2.05, 4.69) is 0 Å². The Labute approximate surface area is 94.4 Å². The molecule has 5 heteroatoms. The predicted molar refractivity (Wildman–Crippen MR) is 52.4 cm³/mol. The van der Waals surface area contributed by atoms with Gasteiger partial charge in [0.25, 0.3) is 0 Å². The molecule has 0 spiro atoms. The lowest BCUT2D eigenvalue weighted by molar-refractivity contribution is 0.213. The first-order valence-corrected chi connectivity index (χ1v) is 4.46. The van der Waals surface area contributed by atoms with Gasteiger partial charge in [0.15, 0.2) is 5.41 Å². The fraction of sp³-hybridized carbons (Fsp3) is 0.545. The van der Waals surface area contributed by atoms with Crippen LogP contribution in [0.5, 0.6) is 0 Å². The van der Waals surface area contributed by atoms with E-state index in [9.17, 15) is 0 Å². The minimum absolute atomic E-state index is 0.247. The van der Waals surface area contributed by atoms with Gasteiger partial charge in [-0.15, -0.1) is 0 Å². The molecule has 5 nitrogen and oxygen atoms in total. The third kappa shape index (κ3) is 1.79. The van der Waals surface area contributed by atoms with Gasteiger partial charge in [-0.25, -0.2) is 0 Å². The summed E-state index contributed by atoms with van der Waals surface area (Å²) >= 11 is 0. The maximum absolute atomic E-state index is 9.09. The SMILES string of the molecule is CC(C)(C#N)C(C#N)(C#N)C(C#N)CC#N. The number of nitrogens with zero attached hydrogens (tertiary/aromatic N) is 5. The highest BCUT2D eigenvalue weighted by Gasteiger charge is 2.53. The fourth-order valence-electron chi connectivity index (χ4n) is 1.37. The molecular formula is C11H9N5. The number of hydrogen-bond acceptors (Lipinski definition) is 5. The summed E-state index contributed by atoms with van der Waals surface area (Å²) in [5, 5.41) is 44.6. The molecule has 0 N–H and O–H groups in total. The molecule has 78 valence electrons. The molecule has 0 saturated carbocycles. The van der Waals surface area contributed by atoms with Gasteiger partial charge in [0.2, 0.25) is 0 Å². The highest BCUT2D eigenvalue weighted by molar-refractivity contribution is 5.30. The topological polar surface area (TPSA) is 119 Å². The van der Waals surface area contributed by atoms with Crippen LogP contribution in [0.15, 0.2) is 0 Å². The molecule has 0 bridgehead atoms. The van der Waals surface area contributed by atoms with Crippen LogP contribution in [-0.2, 0) is 0 Å². The molecular weight excluding hydrogens is 202 g/mol. The van der Waals surface area contributed by atoms with Crippen molar-refractivity contribution in [1.29, 1.82) is 26.3 Å². The van der Waals surface area contributed by atoms with Crippen molar-refractivity contribution in [3.8, 4) is 30.3 Å². The van der Waals surface area contributed by atoms with Crippen LogP contribution in [-0.4, -0.2) is 0 Å². The van der Waals surface area contributed by atoms with E-state index in [1.165, 1.54) is 13.8 Å². The second-order valence-electron chi connectivity index (χ2n) is 3.81. The molecule has 1 atom stereocenters. The summed E-state index contributed by atoms with van der Waals surface area (Å²) in [6.07, 6.45) is -0.247. The molecule has 0 aliphatic carbocycles. The second kappa shape index (κ2) is 4.79. The molecule has 0 aromatic carbocycles. The summed E-state index contributed by atoms with van der Waals surface area (Å²) < 4.78 is 0. The zero-order valence-electron chi connectivity index (χ0n) is 9.02. The molecule has 0 aliphatic heterocycles. The molecule has 0 heterocycles. The Morgan fingerprint density at radius 3 is 1.69 bits per heavy atom. The fourth-order valence-corrected chi connectivity index (χ4v) is 1.37. The smallest absolute Gasteiger partial charge is 0.178 e. The van der Waals surface area contributed by atoms with Crippen molar-refractivity contribution < 1.29 is 0 Å². The molecule has 0 saturated heterocycles. The largest absolute Gasteiger partial charge is 0.198 e. The van der Waals surface area contributed by atoms with Gasteiger partial charge < -0.3 is 0 Å². The van der Waals surface area contributed by atoms with Gasteiger partial charge in [0.1, 0.15) is 0 Å². The van der Waals surface area contributed by atoms with Gasteiger partial charge in [-0.3, -0.25) is 0 Å². The van der Waals surface area contributed by atoms with Gasteiger partial charge >= 0.3 is 0 Å². The van der Waals surface area contributed by atoms with Crippen LogP contribution in [0.4, 0.5) is 0 Å². The minimum atomic E-state index is -1.79. The molecule has 0 rings (SSSR count). The quantitative estimate of drug-likeness (QED) is 0.702. The van der Waals surface area contributed by atoms with Crippen LogP contribution in [0.1, 0.15) is 20.3 Å². The van der Waals surface area contributed by atoms with Crippen molar-refractivity contribution in [3.63, 3.8) is 0 Å². The predicted octanol–water partition coefficient (Wildman–Crippen LogP) is 1.62. The van der Waals surface area contributed by atoms with Gasteiger partial charge in [-0.05, 0) is 13.8 Å². The van der Waals surface area contributed by atoms with Gasteiger partial charge in [0, 0.05) is 0 Å². The highest BCUT2D eigenvalue weighted by Crippen LogP contribution is 2.44. The van der Waals surface area contributed by atoms with E-state index in [4.69, 9.17) is 26.3 Å². The summed E-state index contributed by atoms with van der Waals surface area (Å²) in [5.74, 6) is -1.10. The summed E-state index contributed by atoms with van der Waals surface area (Å²) in [5.41, 5.74) is -3.10. The molecule has 0 aromatic heterocycles. The highest BCUT2D eigenvalue weighted by atomic mass is 14.6. The van der Waals surface area contributed by atoms with Gasteiger partial charge in [-0.2, -0.15) is 26.3 Å². The Balaban J connectivity index is 5.79. The second-order valence-corrected chi connectivity index (χ2v) is 3.81. The minimum Gasteiger partial charge on any atom is -0.198 e. The van der Waals surface area contributed by atoms with Gasteiger partial charge in [-0.1, -0.05) is 0 Å². The molecule has 16 heavy (non-hydrogen) atoms. The van der Waals surface area contributed by atoms with Crippen molar-refractivity contribution in [1.82, 2.24) is 0 Å². The van der Waals surface area contributed by atoms with Crippen molar-refractivity contribution >= 4 is 0 Å². The third-order valence-corrected chi connectivity index (χ3v) is 2.59. The monoisotopic (exact) mass is 211 g/mol. The third-order valence-electron chi connectivity index (χ3n) is 2.59. The van der Waals surface area contributed by atoms with E-state index in [0.29, 0.717) is 0 Å². The standard InChI is InChI=1S/C11H9N5/c1-10(2,6-14)11(7-15,8-16)9(5-13)3-4-12/h9H,3H2,1-2H3. The maximum atomic E-state index is 9.09. The van der Waals surface area contributed by atoms with Crippen LogP contribution in [0.25, 0.3) is 0 Å². The van der Waals surface area contributed by atoms with Crippen molar-refractivity contribution in [3.05, 3.63) is 0 Å². The lowest BCUT2D eigenvalue weighted by Gasteiger charge is -2.32. The van der Waals surface area contributed by atoms with Crippen molar-refractivity contribution in [2.45, 2.75) is 20.3 Å². The average Bonchev–Trinajstić information content (AvgIpc) is 2.29. The lowest BCUT2D eigenvalue weighted by atomic mass is 9.60. The Morgan fingerprint density at radius 1 is 0.938 bits per heavy atom. The lowest BCUT2D eigenvalue weighted by Crippen LogP contribution is -2.40. The normalized spacial score (nSPS) is 12.1. The number of rotatable bonds is 3.